The van der Waals surface area contributed by atoms with Crippen molar-refractivity contribution < 1.29 is 13.5 Å². The molecule has 6 nitrogen and oxygen atoms in total. The lowest BCUT2D eigenvalue weighted by Gasteiger charge is -2.21. The second kappa shape index (κ2) is 5.36. The summed E-state index contributed by atoms with van der Waals surface area (Å²) in [6.07, 6.45) is 0. The first-order valence-corrected chi connectivity index (χ1v) is 7.27. The van der Waals surface area contributed by atoms with E-state index < -0.39 is 15.6 Å². The average molecular weight is 287 g/mol. The topological polar surface area (TPSA) is 95.7 Å². The van der Waals surface area contributed by atoms with E-state index in [4.69, 9.17) is 5.73 Å². The standard InChI is InChI=1S/C12H21N3O3S/c1-12(2,16)8-14-9-6-5-7-10(11(9)13)19(17,18)15(3)4/h5-7,14,16H,8,13H2,1-4H3. The molecule has 0 aromatic heterocycles. The van der Waals surface area contributed by atoms with Gasteiger partial charge in [0.2, 0.25) is 10.0 Å². The van der Waals surface area contributed by atoms with Crippen molar-refractivity contribution in [3.8, 4) is 0 Å². The van der Waals surface area contributed by atoms with Crippen molar-refractivity contribution in [1.29, 1.82) is 0 Å². The van der Waals surface area contributed by atoms with Crippen molar-refractivity contribution in [3.63, 3.8) is 0 Å². The van der Waals surface area contributed by atoms with Gasteiger partial charge in [-0.05, 0) is 26.0 Å². The molecule has 7 heteroatoms. The number of nitrogens with two attached hydrogens (primary N) is 1. The average Bonchev–Trinajstić information content (AvgIpc) is 2.26. The second-order valence-electron chi connectivity index (χ2n) is 5.17. The summed E-state index contributed by atoms with van der Waals surface area (Å²) in [7, 11) is -0.678. The minimum Gasteiger partial charge on any atom is -0.396 e. The van der Waals surface area contributed by atoms with Gasteiger partial charge < -0.3 is 16.2 Å². The predicted molar refractivity (Wildman–Crippen MR) is 76.5 cm³/mol. The third-order valence-electron chi connectivity index (χ3n) is 2.54. The summed E-state index contributed by atoms with van der Waals surface area (Å²) in [6, 6.07) is 4.75. The first-order valence-electron chi connectivity index (χ1n) is 5.83. The third-order valence-corrected chi connectivity index (χ3v) is 4.41. The van der Waals surface area contributed by atoms with Crippen molar-refractivity contribution in [3.05, 3.63) is 18.2 Å². The number of aliphatic hydroxyl groups is 1. The van der Waals surface area contributed by atoms with Crippen molar-refractivity contribution in [2.45, 2.75) is 24.3 Å². The fourth-order valence-corrected chi connectivity index (χ4v) is 2.46. The van der Waals surface area contributed by atoms with E-state index in [0.29, 0.717) is 5.69 Å². The molecule has 0 aliphatic heterocycles. The lowest BCUT2D eigenvalue weighted by molar-refractivity contribution is 0.0945. The third kappa shape index (κ3) is 3.82. The van der Waals surface area contributed by atoms with Crippen molar-refractivity contribution in [1.82, 2.24) is 4.31 Å². The number of para-hydroxylation sites is 1. The Labute approximate surface area is 114 Å². The molecular weight excluding hydrogens is 266 g/mol. The van der Waals surface area contributed by atoms with E-state index >= 15 is 0 Å². The van der Waals surface area contributed by atoms with Crippen LogP contribution < -0.4 is 11.1 Å². The number of nitrogen functional groups attached to an aromatic ring is 1. The van der Waals surface area contributed by atoms with Gasteiger partial charge in [-0.25, -0.2) is 12.7 Å². The fraction of sp³-hybridized carbons (Fsp3) is 0.500. The number of nitrogens with zero attached hydrogens (tertiary/aromatic N) is 1. The number of benzene rings is 1. The number of nitrogens with one attached hydrogen (secondary N) is 1. The molecule has 0 saturated heterocycles. The molecule has 0 spiro atoms. The smallest absolute Gasteiger partial charge is 0.244 e. The van der Waals surface area contributed by atoms with E-state index in [1.54, 1.807) is 26.0 Å². The maximum atomic E-state index is 12.1. The van der Waals surface area contributed by atoms with Gasteiger partial charge in [0.05, 0.1) is 17.0 Å². The summed E-state index contributed by atoms with van der Waals surface area (Å²) < 4.78 is 25.3. The zero-order valence-electron chi connectivity index (χ0n) is 11.6. The molecule has 0 bridgehead atoms. The van der Waals surface area contributed by atoms with Crippen LogP contribution in [0.5, 0.6) is 0 Å². The highest BCUT2D eigenvalue weighted by Gasteiger charge is 2.22. The first-order chi connectivity index (χ1) is 8.55. The van der Waals surface area contributed by atoms with E-state index in [0.717, 1.165) is 4.31 Å². The Balaban J connectivity index is 3.13. The van der Waals surface area contributed by atoms with Crippen LogP contribution in [0.1, 0.15) is 13.8 Å². The predicted octanol–water partition coefficient (Wildman–Crippen LogP) is 0.702. The van der Waals surface area contributed by atoms with E-state index in [2.05, 4.69) is 5.32 Å². The van der Waals surface area contributed by atoms with Gasteiger partial charge in [-0.3, -0.25) is 0 Å². The van der Waals surface area contributed by atoms with Gasteiger partial charge in [-0.15, -0.1) is 0 Å². The van der Waals surface area contributed by atoms with Gasteiger partial charge in [0.25, 0.3) is 0 Å². The molecule has 0 radical (unpaired) electrons. The minimum absolute atomic E-state index is 0.0539. The summed E-state index contributed by atoms with van der Waals surface area (Å²) >= 11 is 0. The highest BCUT2D eigenvalue weighted by Crippen LogP contribution is 2.28. The van der Waals surface area contributed by atoms with Crippen LogP contribution in [-0.2, 0) is 10.0 Å². The van der Waals surface area contributed by atoms with Crippen molar-refractivity contribution in [2.75, 3.05) is 31.7 Å². The fourth-order valence-electron chi connectivity index (χ4n) is 1.43. The molecule has 1 aromatic carbocycles. The Bertz CT molecular complexity index is 548. The summed E-state index contributed by atoms with van der Waals surface area (Å²) in [5.41, 5.74) is 5.62. The molecule has 0 unspecified atom stereocenters. The lowest BCUT2D eigenvalue weighted by Crippen LogP contribution is -2.30. The molecule has 1 rings (SSSR count). The SMILES string of the molecule is CN(C)S(=O)(=O)c1cccc(NCC(C)(C)O)c1N. The Morgan fingerprint density at radius 2 is 1.95 bits per heavy atom. The van der Waals surface area contributed by atoms with Gasteiger partial charge in [-0.1, -0.05) is 6.07 Å². The van der Waals surface area contributed by atoms with E-state index in [9.17, 15) is 13.5 Å². The van der Waals surface area contributed by atoms with Crippen LogP contribution in [0.15, 0.2) is 23.1 Å². The van der Waals surface area contributed by atoms with Crippen LogP contribution >= 0.6 is 0 Å². The molecule has 0 aliphatic carbocycles. The quantitative estimate of drug-likeness (QED) is 0.693. The van der Waals surface area contributed by atoms with Gasteiger partial charge in [0.1, 0.15) is 4.90 Å². The number of hydrogen-bond acceptors (Lipinski definition) is 5. The number of sulfonamides is 1. The van der Waals surface area contributed by atoms with E-state index in [-0.39, 0.29) is 17.1 Å². The Morgan fingerprint density at radius 1 is 1.37 bits per heavy atom. The first kappa shape index (κ1) is 15.7. The molecule has 0 fully saturated rings. The van der Waals surface area contributed by atoms with Gasteiger partial charge in [-0.2, -0.15) is 0 Å². The van der Waals surface area contributed by atoms with Gasteiger partial charge in [0.15, 0.2) is 0 Å². The second-order valence-corrected chi connectivity index (χ2v) is 7.29. The van der Waals surface area contributed by atoms with Crippen LogP contribution in [0, 0.1) is 0 Å². The molecule has 0 heterocycles. The van der Waals surface area contributed by atoms with Crippen LogP contribution in [0.3, 0.4) is 0 Å². The molecule has 19 heavy (non-hydrogen) atoms. The number of anilines is 2. The molecule has 1 aromatic rings. The summed E-state index contributed by atoms with van der Waals surface area (Å²) in [5.74, 6) is 0. The van der Waals surface area contributed by atoms with E-state index in [1.807, 2.05) is 0 Å². The highest BCUT2D eigenvalue weighted by atomic mass is 32.2. The van der Waals surface area contributed by atoms with Gasteiger partial charge in [0, 0.05) is 20.6 Å². The number of hydrogen-bond donors (Lipinski definition) is 3. The molecule has 0 saturated carbocycles. The molecule has 0 amide bonds. The zero-order chi connectivity index (χ0) is 14.8. The molecule has 0 atom stereocenters. The molecule has 0 aliphatic rings. The Kier molecular flexibility index (Phi) is 4.44. The highest BCUT2D eigenvalue weighted by molar-refractivity contribution is 7.89. The van der Waals surface area contributed by atoms with Crippen molar-refractivity contribution in [2.24, 2.45) is 0 Å². The van der Waals surface area contributed by atoms with E-state index in [1.165, 1.54) is 20.2 Å². The molecule has 4 N–H and O–H groups in total. The molecular formula is C12H21N3O3S. The normalized spacial score (nSPS) is 12.7. The molecule has 108 valence electrons. The Morgan fingerprint density at radius 3 is 2.42 bits per heavy atom. The maximum absolute atomic E-state index is 12.1. The maximum Gasteiger partial charge on any atom is 0.244 e. The summed E-state index contributed by atoms with van der Waals surface area (Å²) in [5, 5.41) is 12.6. The van der Waals surface area contributed by atoms with Crippen molar-refractivity contribution >= 4 is 21.4 Å². The van der Waals surface area contributed by atoms with Crippen LogP contribution in [0.4, 0.5) is 11.4 Å². The zero-order valence-corrected chi connectivity index (χ0v) is 12.5. The van der Waals surface area contributed by atoms with Crippen LogP contribution in [-0.4, -0.2) is 44.1 Å². The lowest BCUT2D eigenvalue weighted by atomic mass is 10.1. The van der Waals surface area contributed by atoms with Crippen LogP contribution in [0.25, 0.3) is 0 Å². The monoisotopic (exact) mass is 287 g/mol. The summed E-state index contributed by atoms with van der Waals surface area (Å²) in [6.45, 7) is 3.57. The number of rotatable bonds is 5. The Hall–Kier alpha value is -1.31. The largest absolute Gasteiger partial charge is 0.396 e. The minimum atomic E-state index is -3.58. The summed E-state index contributed by atoms with van der Waals surface area (Å²) in [4.78, 5) is 0.0539. The van der Waals surface area contributed by atoms with Gasteiger partial charge >= 0.3 is 0 Å². The van der Waals surface area contributed by atoms with Crippen LogP contribution in [0.2, 0.25) is 0 Å².